The number of methoxy groups -OCH3 is 1. The number of nitrogens with zero attached hydrogens (tertiary/aromatic N) is 1. The molecule has 0 atom stereocenters. The molecule has 18 heavy (non-hydrogen) atoms. The fourth-order valence-corrected chi connectivity index (χ4v) is 2.00. The molecule has 0 amide bonds. The van der Waals surface area contributed by atoms with E-state index in [1.165, 1.54) is 0 Å². The van der Waals surface area contributed by atoms with Gasteiger partial charge in [0, 0.05) is 33.3 Å². The third kappa shape index (κ3) is 9.63. The number of nitrogens with one attached hydrogen (secondary N) is 1. The first kappa shape index (κ1) is 17.6. The molecule has 0 saturated carbocycles. The summed E-state index contributed by atoms with van der Waals surface area (Å²) >= 11 is 0. The summed E-state index contributed by atoms with van der Waals surface area (Å²) < 4.78 is 5.15. The van der Waals surface area contributed by atoms with Crippen LogP contribution in [0.4, 0.5) is 0 Å². The molecule has 108 valence electrons. The summed E-state index contributed by atoms with van der Waals surface area (Å²) in [6.45, 7) is 18.8. The molecule has 0 aliphatic heterocycles. The Morgan fingerprint density at radius 1 is 1.39 bits per heavy atom. The molecular formula is C15H32N2O. The Morgan fingerprint density at radius 2 is 2.06 bits per heavy atom. The van der Waals surface area contributed by atoms with Gasteiger partial charge in [-0.05, 0) is 17.9 Å². The molecule has 1 N–H and O–H groups in total. The molecule has 0 fully saturated rings. The van der Waals surface area contributed by atoms with E-state index in [0.29, 0.717) is 5.92 Å². The van der Waals surface area contributed by atoms with E-state index < -0.39 is 0 Å². The maximum Gasteiger partial charge on any atom is 0.0589 e. The topological polar surface area (TPSA) is 24.5 Å². The third-order valence-electron chi connectivity index (χ3n) is 2.81. The van der Waals surface area contributed by atoms with Crippen LogP contribution in [0.15, 0.2) is 12.7 Å². The molecule has 0 rings (SSSR count). The first-order chi connectivity index (χ1) is 8.41. The smallest absolute Gasteiger partial charge is 0.0589 e. The highest BCUT2D eigenvalue weighted by Gasteiger charge is 2.20. The Morgan fingerprint density at radius 3 is 2.56 bits per heavy atom. The van der Waals surface area contributed by atoms with Crippen LogP contribution in [-0.2, 0) is 4.74 Å². The van der Waals surface area contributed by atoms with Crippen molar-refractivity contribution in [1.82, 2.24) is 10.2 Å². The van der Waals surface area contributed by atoms with E-state index in [1.54, 1.807) is 7.11 Å². The second kappa shape index (κ2) is 9.54. The average Bonchev–Trinajstić information content (AvgIpc) is 2.25. The van der Waals surface area contributed by atoms with Crippen molar-refractivity contribution < 1.29 is 4.74 Å². The van der Waals surface area contributed by atoms with Gasteiger partial charge in [-0.15, -0.1) is 6.58 Å². The first-order valence-corrected chi connectivity index (χ1v) is 6.94. The van der Waals surface area contributed by atoms with Gasteiger partial charge in [-0.1, -0.05) is 33.8 Å². The maximum atomic E-state index is 5.15. The third-order valence-corrected chi connectivity index (χ3v) is 2.81. The van der Waals surface area contributed by atoms with Crippen LogP contribution in [0.3, 0.4) is 0 Å². The lowest BCUT2D eigenvalue weighted by atomic mass is 9.92. The van der Waals surface area contributed by atoms with E-state index in [9.17, 15) is 0 Å². The lowest BCUT2D eigenvalue weighted by molar-refractivity contribution is 0.125. The summed E-state index contributed by atoms with van der Waals surface area (Å²) in [6.07, 6.45) is 1.97. The monoisotopic (exact) mass is 256 g/mol. The fourth-order valence-electron chi connectivity index (χ4n) is 2.00. The summed E-state index contributed by atoms with van der Waals surface area (Å²) in [6, 6.07) is 0. The average molecular weight is 256 g/mol. The van der Waals surface area contributed by atoms with Crippen LogP contribution in [0.5, 0.6) is 0 Å². The molecule has 0 aliphatic rings. The van der Waals surface area contributed by atoms with Gasteiger partial charge in [0.05, 0.1) is 6.61 Å². The predicted octanol–water partition coefficient (Wildman–Crippen LogP) is 2.39. The Balaban J connectivity index is 4.08. The first-order valence-electron chi connectivity index (χ1n) is 6.94. The van der Waals surface area contributed by atoms with Gasteiger partial charge in [-0.2, -0.15) is 0 Å². The van der Waals surface area contributed by atoms with Crippen LogP contribution in [0.25, 0.3) is 0 Å². The van der Waals surface area contributed by atoms with Crippen molar-refractivity contribution in [3.05, 3.63) is 12.7 Å². The minimum Gasteiger partial charge on any atom is -0.383 e. The molecule has 0 radical (unpaired) electrons. The van der Waals surface area contributed by atoms with Crippen molar-refractivity contribution in [2.24, 2.45) is 11.3 Å². The van der Waals surface area contributed by atoms with Gasteiger partial charge >= 0.3 is 0 Å². The maximum absolute atomic E-state index is 5.15. The molecule has 3 heteroatoms. The molecule has 0 aromatic carbocycles. The highest BCUT2D eigenvalue weighted by Crippen LogP contribution is 2.16. The van der Waals surface area contributed by atoms with E-state index in [2.05, 4.69) is 44.5 Å². The molecule has 0 aromatic heterocycles. The summed E-state index contributed by atoms with van der Waals surface area (Å²) in [5.74, 6) is 0.707. The Bertz CT molecular complexity index is 215. The van der Waals surface area contributed by atoms with Crippen molar-refractivity contribution in [1.29, 1.82) is 0 Å². The predicted molar refractivity (Wildman–Crippen MR) is 80.0 cm³/mol. The lowest BCUT2D eigenvalue weighted by Gasteiger charge is -2.32. The van der Waals surface area contributed by atoms with Crippen LogP contribution in [0.2, 0.25) is 0 Å². The molecule has 0 heterocycles. The van der Waals surface area contributed by atoms with E-state index in [0.717, 1.165) is 39.3 Å². The Hall–Kier alpha value is -0.380. The van der Waals surface area contributed by atoms with Crippen LogP contribution in [-0.4, -0.2) is 51.3 Å². The van der Waals surface area contributed by atoms with Crippen molar-refractivity contribution in [3.8, 4) is 0 Å². The molecule has 0 bridgehead atoms. The van der Waals surface area contributed by atoms with Crippen LogP contribution in [0.1, 0.15) is 27.7 Å². The molecule has 0 aliphatic carbocycles. The lowest BCUT2D eigenvalue weighted by Crippen LogP contribution is -2.42. The van der Waals surface area contributed by atoms with Crippen molar-refractivity contribution in [2.75, 3.05) is 46.4 Å². The zero-order valence-electron chi connectivity index (χ0n) is 13.0. The van der Waals surface area contributed by atoms with Crippen LogP contribution >= 0.6 is 0 Å². The van der Waals surface area contributed by atoms with Gasteiger partial charge in [-0.25, -0.2) is 0 Å². The summed E-state index contributed by atoms with van der Waals surface area (Å²) in [4.78, 5) is 2.40. The highest BCUT2D eigenvalue weighted by atomic mass is 16.5. The number of rotatable bonds is 11. The molecule has 0 unspecified atom stereocenters. The van der Waals surface area contributed by atoms with Gasteiger partial charge in [0.25, 0.3) is 0 Å². The fraction of sp³-hybridized carbons (Fsp3) is 0.867. The van der Waals surface area contributed by atoms with Crippen LogP contribution < -0.4 is 5.32 Å². The number of hydrogen-bond acceptors (Lipinski definition) is 3. The zero-order valence-corrected chi connectivity index (χ0v) is 13.0. The van der Waals surface area contributed by atoms with Crippen LogP contribution in [0, 0.1) is 11.3 Å². The van der Waals surface area contributed by atoms with Gasteiger partial charge in [0.1, 0.15) is 0 Å². The molecule has 0 aromatic rings. The van der Waals surface area contributed by atoms with Gasteiger partial charge in [-0.3, -0.25) is 4.90 Å². The Kier molecular flexibility index (Phi) is 9.34. The highest BCUT2D eigenvalue weighted by molar-refractivity contribution is 4.81. The number of ether oxygens (including phenoxy) is 1. The summed E-state index contributed by atoms with van der Waals surface area (Å²) in [5, 5.41) is 3.54. The van der Waals surface area contributed by atoms with E-state index in [4.69, 9.17) is 4.74 Å². The largest absolute Gasteiger partial charge is 0.383 e. The summed E-state index contributed by atoms with van der Waals surface area (Å²) in [7, 11) is 1.75. The molecule has 3 nitrogen and oxygen atoms in total. The van der Waals surface area contributed by atoms with Crippen molar-refractivity contribution >= 4 is 0 Å². The van der Waals surface area contributed by atoms with E-state index in [1.807, 2.05) is 6.08 Å². The van der Waals surface area contributed by atoms with E-state index in [-0.39, 0.29) is 5.41 Å². The SMILES string of the molecule is C=CCN(CCOC)CC(C)(C)CNCC(C)C. The Labute approximate surface area is 114 Å². The second-order valence-electron chi connectivity index (χ2n) is 6.21. The minimum absolute atomic E-state index is 0.269. The summed E-state index contributed by atoms with van der Waals surface area (Å²) in [5.41, 5.74) is 0.269. The second-order valence-corrected chi connectivity index (χ2v) is 6.21. The standard InChI is InChI=1S/C15H32N2O/c1-7-8-17(9-10-18-6)13-15(4,5)12-16-11-14(2)3/h7,14,16H,1,8-13H2,2-6H3. The minimum atomic E-state index is 0.269. The quantitative estimate of drug-likeness (QED) is 0.575. The van der Waals surface area contributed by atoms with Gasteiger partial charge < -0.3 is 10.1 Å². The van der Waals surface area contributed by atoms with E-state index >= 15 is 0 Å². The van der Waals surface area contributed by atoms with Crippen molar-refractivity contribution in [3.63, 3.8) is 0 Å². The molecule has 0 spiro atoms. The normalized spacial score (nSPS) is 12.4. The molecule has 0 saturated heterocycles. The number of hydrogen-bond donors (Lipinski definition) is 1. The van der Waals surface area contributed by atoms with Gasteiger partial charge in [0.15, 0.2) is 0 Å². The molecular weight excluding hydrogens is 224 g/mol. The van der Waals surface area contributed by atoms with Gasteiger partial charge in [0.2, 0.25) is 0 Å². The van der Waals surface area contributed by atoms with Crippen molar-refractivity contribution in [2.45, 2.75) is 27.7 Å². The zero-order chi connectivity index (χ0) is 14.0.